The van der Waals surface area contributed by atoms with Crippen molar-refractivity contribution in [1.82, 2.24) is 4.98 Å². The number of hydrogen-bond acceptors (Lipinski definition) is 2. The van der Waals surface area contributed by atoms with E-state index in [-0.39, 0.29) is 11.5 Å². The Hall–Kier alpha value is -1.41. The number of aliphatic hydroxyl groups excluding tert-OH is 1. The van der Waals surface area contributed by atoms with E-state index >= 15 is 0 Å². The summed E-state index contributed by atoms with van der Waals surface area (Å²) in [4.78, 5) is 4.33. The Morgan fingerprint density at radius 3 is 2.74 bits per heavy atom. The number of aliphatic hydroxyl groups is 1. The van der Waals surface area contributed by atoms with Crippen LogP contribution in [0.15, 0.2) is 36.5 Å². The van der Waals surface area contributed by atoms with Crippen molar-refractivity contribution in [2.24, 2.45) is 5.41 Å². The Morgan fingerprint density at radius 1 is 1.16 bits per heavy atom. The molecular formula is C17H21NO. The van der Waals surface area contributed by atoms with Crippen molar-refractivity contribution in [3.05, 3.63) is 42.1 Å². The van der Waals surface area contributed by atoms with Crippen molar-refractivity contribution in [2.75, 3.05) is 0 Å². The molecule has 1 heterocycles. The van der Waals surface area contributed by atoms with E-state index in [0.717, 1.165) is 29.3 Å². The van der Waals surface area contributed by atoms with Crippen LogP contribution in [-0.4, -0.2) is 10.1 Å². The van der Waals surface area contributed by atoms with E-state index in [2.05, 4.69) is 24.0 Å². The highest BCUT2D eigenvalue weighted by molar-refractivity contribution is 5.79. The third-order valence-corrected chi connectivity index (χ3v) is 4.60. The maximum Gasteiger partial charge on any atom is 0.0843 e. The summed E-state index contributed by atoms with van der Waals surface area (Å²) in [5, 5.41) is 11.9. The van der Waals surface area contributed by atoms with E-state index in [1.165, 1.54) is 19.3 Å². The molecule has 1 fully saturated rings. The molecule has 2 aromatic rings. The van der Waals surface area contributed by atoms with Crippen LogP contribution in [0.5, 0.6) is 0 Å². The highest BCUT2D eigenvalue weighted by atomic mass is 16.3. The highest BCUT2D eigenvalue weighted by Gasteiger charge is 2.35. The van der Waals surface area contributed by atoms with Gasteiger partial charge in [-0.15, -0.1) is 0 Å². The second kappa shape index (κ2) is 4.93. The van der Waals surface area contributed by atoms with Crippen LogP contribution in [0.4, 0.5) is 0 Å². The summed E-state index contributed by atoms with van der Waals surface area (Å²) < 4.78 is 0. The molecule has 0 bridgehead atoms. The van der Waals surface area contributed by atoms with Gasteiger partial charge < -0.3 is 5.11 Å². The number of nitrogens with zero attached hydrogens (tertiary/aromatic N) is 1. The van der Waals surface area contributed by atoms with Gasteiger partial charge in [0.15, 0.2) is 0 Å². The molecule has 3 rings (SSSR count). The minimum Gasteiger partial charge on any atom is -0.388 e. The van der Waals surface area contributed by atoms with Crippen LogP contribution in [-0.2, 0) is 0 Å². The standard InChI is InChI=1S/C17H21NO/c1-17(9-3-2-4-10-17)16(19)14-7-8-15-13(12-14)6-5-11-18-15/h5-8,11-12,16,19H,2-4,9-10H2,1H3. The van der Waals surface area contributed by atoms with Gasteiger partial charge >= 0.3 is 0 Å². The highest BCUT2D eigenvalue weighted by Crippen LogP contribution is 2.45. The molecule has 1 aromatic carbocycles. The van der Waals surface area contributed by atoms with E-state index in [4.69, 9.17) is 0 Å². The van der Waals surface area contributed by atoms with E-state index in [1.807, 2.05) is 18.2 Å². The predicted molar refractivity (Wildman–Crippen MR) is 77.9 cm³/mol. The van der Waals surface area contributed by atoms with Crippen LogP contribution in [0.2, 0.25) is 0 Å². The number of pyridine rings is 1. The van der Waals surface area contributed by atoms with Gasteiger partial charge in [-0.05, 0) is 42.0 Å². The maximum atomic E-state index is 10.7. The summed E-state index contributed by atoms with van der Waals surface area (Å²) in [6.45, 7) is 2.23. The zero-order valence-corrected chi connectivity index (χ0v) is 11.5. The van der Waals surface area contributed by atoms with Gasteiger partial charge in [0.25, 0.3) is 0 Å². The molecule has 2 heteroatoms. The second-order valence-corrected chi connectivity index (χ2v) is 6.07. The Bertz CT molecular complexity index is 572. The average molecular weight is 255 g/mol. The first kappa shape index (κ1) is 12.6. The fraction of sp³-hybridized carbons (Fsp3) is 0.471. The molecule has 0 radical (unpaired) electrons. The molecular weight excluding hydrogens is 234 g/mol. The third kappa shape index (κ3) is 2.37. The Labute approximate surface area is 114 Å². The first-order valence-corrected chi connectivity index (χ1v) is 7.22. The predicted octanol–water partition coefficient (Wildman–Crippen LogP) is 4.24. The topological polar surface area (TPSA) is 33.1 Å². The Balaban J connectivity index is 1.94. The van der Waals surface area contributed by atoms with Crippen molar-refractivity contribution in [3.63, 3.8) is 0 Å². The second-order valence-electron chi connectivity index (χ2n) is 6.07. The smallest absolute Gasteiger partial charge is 0.0843 e. The van der Waals surface area contributed by atoms with Gasteiger partial charge in [-0.3, -0.25) is 4.98 Å². The molecule has 0 saturated heterocycles. The summed E-state index contributed by atoms with van der Waals surface area (Å²) in [5.74, 6) is 0. The molecule has 19 heavy (non-hydrogen) atoms. The van der Waals surface area contributed by atoms with Crippen LogP contribution in [0.1, 0.15) is 50.7 Å². The zero-order valence-electron chi connectivity index (χ0n) is 11.5. The first-order valence-electron chi connectivity index (χ1n) is 7.22. The summed E-state index contributed by atoms with van der Waals surface area (Å²) in [7, 11) is 0. The molecule has 1 saturated carbocycles. The van der Waals surface area contributed by atoms with E-state index in [0.29, 0.717) is 0 Å². The van der Waals surface area contributed by atoms with Crippen molar-refractivity contribution >= 4 is 10.9 Å². The normalized spacial score (nSPS) is 20.3. The Morgan fingerprint density at radius 2 is 1.95 bits per heavy atom. The van der Waals surface area contributed by atoms with Crippen molar-refractivity contribution in [3.8, 4) is 0 Å². The van der Waals surface area contributed by atoms with Crippen LogP contribution >= 0.6 is 0 Å². The number of hydrogen-bond donors (Lipinski definition) is 1. The molecule has 0 spiro atoms. The molecule has 2 nitrogen and oxygen atoms in total. The Kier molecular flexibility index (Phi) is 3.28. The van der Waals surface area contributed by atoms with Crippen molar-refractivity contribution in [2.45, 2.75) is 45.1 Å². The zero-order chi connectivity index (χ0) is 13.3. The minimum atomic E-state index is -0.364. The monoisotopic (exact) mass is 255 g/mol. The molecule has 0 amide bonds. The van der Waals surface area contributed by atoms with Gasteiger partial charge in [0, 0.05) is 11.6 Å². The van der Waals surface area contributed by atoms with Gasteiger partial charge in [0.2, 0.25) is 0 Å². The minimum absolute atomic E-state index is 0.0358. The fourth-order valence-electron chi connectivity index (χ4n) is 3.30. The quantitative estimate of drug-likeness (QED) is 0.870. The van der Waals surface area contributed by atoms with Gasteiger partial charge in [-0.1, -0.05) is 38.3 Å². The third-order valence-electron chi connectivity index (χ3n) is 4.60. The molecule has 0 aliphatic heterocycles. The van der Waals surface area contributed by atoms with Gasteiger partial charge in [0.1, 0.15) is 0 Å². The number of aromatic nitrogens is 1. The van der Waals surface area contributed by atoms with Crippen LogP contribution in [0, 0.1) is 5.41 Å². The van der Waals surface area contributed by atoms with Gasteiger partial charge in [0.05, 0.1) is 11.6 Å². The largest absolute Gasteiger partial charge is 0.388 e. The molecule has 1 aromatic heterocycles. The van der Waals surface area contributed by atoms with Crippen LogP contribution < -0.4 is 0 Å². The molecule has 1 aliphatic rings. The lowest BCUT2D eigenvalue weighted by Crippen LogP contribution is -2.28. The lowest BCUT2D eigenvalue weighted by Gasteiger charge is -2.38. The summed E-state index contributed by atoms with van der Waals surface area (Å²) >= 11 is 0. The lowest BCUT2D eigenvalue weighted by atomic mass is 9.70. The fourth-order valence-corrected chi connectivity index (χ4v) is 3.30. The van der Waals surface area contributed by atoms with E-state index < -0.39 is 0 Å². The lowest BCUT2D eigenvalue weighted by molar-refractivity contribution is 0.00828. The van der Waals surface area contributed by atoms with Crippen LogP contribution in [0.3, 0.4) is 0 Å². The molecule has 1 aliphatic carbocycles. The van der Waals surface area contributed by atoms with Crippen LogP contribution in [0.25, 0.3) is 10.9 Å². The molecule has 100 valence electrons. The van der Waals surface area contributed by atoms with Gasteiger partial charge in [-0.2, -0.15) is 0 Å². The number of fused-ring (bicyclic) bond motifs is 1. The number of benzene rings is 1. The molecule has 1 unspecified atom stereocenters. The first-order chi connectivity index (χ1) is 9.19. The van der Waals surface area contributed by atoms with E-state index in [9.17, 15) is 5.11 Å². The average Bonchev–Trinajstić information content (AvgIpc) is 2.47. The maximum absolute atomic E-state index is 10.7. The summed E-state index contributed by atoms with van der Waals surface area (Å²) in [6, 6.07) is 10.1. The molecule has 1 N–H and O–H groups in total. The van der Waals surface area contributed by atoms with Crippen molar-refractivity contribution in [1.29, 1.82) is 0 Å². The SMILES string of the molecule is CC1(C(O)c2ccc3ncccc3c2)CCCCC1. The molecule has 1 atom stereocenters. The number of rotatable bonds is 2. The summed E-state index contributed by atoms with van der Waals surface area (Å²) in [5.41, 5.74) is 2.06. The van der Waals surface area contributed by atoms with Gasteiger partial charge in [-0.25, -0.2) is 0 Å². The summed E-state index contributed by atoms with van der Waals surface area (Å²) in [6.07, 6.45) is 7.48. The van der Waals surface area contributed by atoms with E-state index in [1.54, 1.807) is 6.20 Å². The van der Waals surface area contributed by atoms with Crippen molar-refractivity contribution < 1.29 is 5.11 Å².